The largest absolute Gasteiger partial charge is 0.387 e. The Bertz CT molecular complexity index is 557. The molecule has 20 heavy (non-hydrogen) atoms. The molecule has 0 bridgehead atoms. The number of thiophene rings is 1. The van der Waals surface area contributed by atoms with Crippen molar-refractivity contribution in [3.63, 3.8) is 0 Å². The molecule has 0 spiro atoms. The molecule has 0 radical (unpaired) electrons. The Hall–Kier alpha value is -1.67. The third-order valence-electron chi connectivity index (χ3n) is 3.17. The van der Waals surface area contributed by atoms with Crippen LogP contribution in [-0.4, -0.2) is 17.7 Å². The Labute approximate surface area is 123 Å². The molecule has 2 rings (SSSR count). The number of benzene rings is 1. The zero-order valence-electron chi connectivity index (χ0n) is 11.4. The van der Waals surface area contributed by atoms with Crippen molar-refractivity contribution >= 4 is 11.3 Å². The van der Waals surface area contributed by atoms with E-state index < -0.39 is 6.10 Å². The highest BCUT2D eigenvalue weighted by molar-refractivity contribution is 7.09. The van der Waals surface area contributed by atoms with Crippen molar-refractivity contribution in [2.24, 2.45) is 0 Å². The molecule has 0 aliphatic rings. The van der Waals surface area contributed by atoms with Crippen LogP contribution in [0.1, 0.15) is 29.0 Å². The summed E-state index contributed by atoms with van der Waals surface area (Å²) in [4.78, 5) is 1.35. The summed E-state index contributed by atoms with van der Waals surface area (Å²) in [5, 5.41) is 24.3. The molecule has 104 valence electrons. The molecule has 1 aromatic heterocycles. The molecule has 0 aliphatic carbocycles. The zero-order chi connectivity index (χ0) is 14.4. The van der Waals surface area contributed by atoms with Crippen LogP contribution in [0.2, 0.25) is 0 Å². The minimum absolute atomic E-state index is 0.321. The van der Waals surface area contributed by atoms with Crippen molar-refractivity contribution in [2.75, 3.05) is 6.54 Å². The number of hydrogen-bond donors (Lipinski definition) is 2. The van der Waals surface area contributed by atoms with Gasteiger partial charge in [-0.2, -0.15) is 5.26 Å². The van der Waals surface area contributed by atoms with Crippen LogP contribution in [-0.2, 0) is 6.42 Å². The molecule has 2 N–H and O–H groups in total. The lowest BCUT2D eigenvalue weighted by atomic mass is 10.1. The van der Waals surface area contributed by atoms with E-state index in [2.05, 4.69) is 35.8 Å². The second-order valence-electron chi connectivity index (χ2n) is 4.84. The van der Waals surface area contributed by atoms with E-state index >= 15 is 0 Å². The number of aliphatic hydroxyl groups excluding tert-OH is 1. The van der Waals surface area contributed by atoms with Gasteiger partial charge in [0, 0.05) is 17.5 Å². The van der Waals surface area contributed by atoms with Gasteiger partial charge in [0.1, 0.15) is 0 Å². The smallest absolute Gasteiger partial charge is 0.0991 e. The van der Waals surface area contributed by atoms with Crippen molar-refractivity contribution in [1.82, 2.24) is 5.32 Å². The first-order chi connectivity index (χ1) is 9.69. The summed E-state index contributed by atoms with van der Waals surface area (Å²) < 4.78 is 0. The van der Waals surface area contributed by atoms with Crippen molar-refractivity contribution in [1.29, 1.82) is 5.26 Å². The SMILES string of the molecule is CC(Cc1cccs1)NCC(O)c1ccc(C#N)cc1. The maximum Gasteiger partial charge on any atom is 0.0991 e. The van der Waals surface area contributed by atoms with Gasteiger partial charge in [-0.25, -0.2) is 0 Å². The molecular weight excluding hydrogens is 268 g/mol. The first-order valence-corrected chi connectivity index (χ1v) is 7.51. The fourth-order valence-corrected chi connectivity index (χ4v) is 2.85. The van der Waals surface area contributed by atoms with Crippen molar-refractivity contribution in [3.8, 4) is 6.07 Å². The van der Waals surface area contributed by atoms with Crippen molar-refractivity contribution in [2.45, 2.75) is 25.5 Å². The van der Waals surface area contributed by atoms with E-state index in [1.807, 2.05) is 0 Å². The number of nitriles is 1. The summed E-state index contributed by atoms with van der Waals surface area (Å²) in [6, 6.07) is 13.6. The number of aliphatic hydroxyl groups is 1. The first kappa shape index (κ1) is 14.7. The highest BCUT2D eigenvalue weighted by Crippen LogP contribution is 2.14. The lowest BCUT2D eigenvalue weighted by Crippen LogP contribution is -2.31. The normalized spacial score (nSPS) is 13.7. The van der Waals surface area contributed by atoms with E-state index in [4.69, 9.17) is 5.26 Å². The molecule has 2 atom stereocenters. The predicted octanol–water partition coefficient (Wildman–Crippen LogP) is 2.87. The van der Waals surface area contributed by atoms with Crippen LogP contribution in [0.15, 0.2) is 41.8 Å². The summed E-state index contributed by atoms with van der Waals surface area (Å²) in [5.41, 5.74) is 1.44. The van der Waals surface area contributed by atoms with Crippen molar-refractivity contribution in [3.05, 3.63) is 57.8 Å². The van der Waals surface area contributed by atoms with E-state index in [9.17, 15) is 5.11 Å². The number of nitrogens with one attached hydrogen (secondary N) is 1. The van der Waals surface area contributed by atoms with Gasteiger partial charge in [-0.3, -0.25) is 0 Å². The summed E-state index contributed by atoms with van der Waals surface area (Å²) in [6.07, 6.45) is 0.422. The topological polar surface area (TPSA) is 56.0 Å². The van der Waals surface area contributed by atoms with E-state index in [0.29, 0.717) is 18.2 Å². The maximum absolute atomic E-state index is 10.1. The molecule has 1 heterocycles. The summed E-state index contributed by atoms with van der Waals surface area (Å²) >= 11 is 1.75. The molecule has 0 saturated heterocycles. The Morgan fingerprint density at radius 2 is 2.05 bits per heavy atom. The minimum atomic E-state index is -0.548. The van der Waals surface area contributed by atoms with E-state index in [-0.39, 0.29) is 0 Å². The molecule has 4 heteroatoms. The zero-order valence-corrected chi connectivity index (χ0v) is 12.2. The third-order valence-corrected chi connectivity index (χ3v) is 4.07. The summed E-state index contributed by atoms with van der Waals surface area (Å²) in [6.45, 7) is 2.63. The van der Waals surface area contributed by atoms with Gasteiger partial charge in [0.2, 0.25) is 0 Å². The second-order valence-corrected chi connectivity index (χ2v) is 5.87. The highest BCUT2D eigenvalue weighted by atomic mass is 32.1. The van der Waals surface area contributed by atoms with Crippen molar-refractivity contribution < 1.29 is 5.11 Å². The van der Waals surface area contributed by atoms with E-state index in [0.717, 1.165) is 12.0 Å². The Kier molecular flexibility index (Phi) is 5.31. The number of nitrogens with zero attached hydrogens (tertiary/aromatic N) is 1. The van der Waals surface area contributed by atoms with Gasteiger partial charge in [0.05, 0.1) is 17.7 Å². The number of rotatable bonds is 6. The Morgan fingerprint density at radius 3 is 2.65 bits per heavy atom. The van der Waals surface area contributed by atoms with E-state index in [1.165, 1.54) is 4.88 Å². The molecule has 1 aromatic carbocycles. The second kappa shape index (κ2) is 7.20. The minimum Gasteiger partial charge on any atom is -0.387 e. The highest BCUT2D eigenvalue weighted by Gasteiger charge is 2.10. The molecule has 2 unspecified atom stereocenters. The summed E-state index contributed by atoms with van der Waals surface area (Å²) in [5.74, 6) is 0. The lowest BCUT2D eigenvalue weighted by Gasteiger charge is -2.17. The van der Waals surface area contributed by atoms with Gasteiger partial charge in [-0.1, -0.05) is 18.2 Å². The quantitative estimate of drug-likeness (QED) is 0.858. The molecule has 3 nitrogen and oxygen atoms in total. The number of hydrogen-bond acceptors (Lipinski definition) is 4. The van der Waals surface area contributed by atoms with Crippen LogP contribution in [0.3, 0.4) is 0 Å². The van der Waals surface area contributed by atoms with E-state index in [1.54, 1.807) is 35.6 Å². The van der Waals surface area contributed by atoms with Crippen LogP contribution in [0.5, 0.6) is 0 Å². The molecule has 2 aromatic rings. The van der Waals surface area contributed by atoms with Gasteiger partial charge in [0.25, 0.3) is 0 Å². The molecule has 0 saturated carbocycles. The fraction of sp³-hybridized carbons (Fsp3) is 0.312. The van der Waals surface area contributed by atoms with Gasteiger partial charge in [0.15, 0.2) is 0 Å². The van der Waals surface area contributed by atoms with Crippen LogP contribution >= 0.6 is 11.3 Å². The Balaban J connectivity index is 1.82. The molecule has 0 fully saturated rings. The third kappa shape index (κ3) is 4.17. The fourth-order valence-electron chi connectivity index (χ4n) is 2.01. The standard InChI is InChI=1S/C16H18N2OS/c1-12(9-15-3-2-8-20-15)18-11-16(19)14-6-4-13(10-17)5-7-14/h2-8,12,16,18-19H,9,11H2,1H3. The average molecular weight is 286 g/mol. The monoisotopic (exact) mass is 286 g/mol. The first-order valence-electron chi connectivity index (χ1n) is 6.63. The Morgan fingerprint density at radius 1 is 1.30 bits per heavy atom. The van der Waals surface area contributed by atoms with Crippen LogP contribution in [0, 0.1) is 11.3 Å². The molecule has 0 aliphatic heterocycles. The van der Waals surface area contributed by atoms with Crippen LogP contribution in [0.25, 0.3) is 0 Å². The molecule has 0 amide bonds. The van der Waals surface area contributed by atoms with Crippen LogP contribution in [0.4, 0.5) is 0 Å². The lowest BCUT2D eigenvalue weighted by molar-refractivity contribution is 0.170. The molecular formula is C16H18N2OS. The van der Waals surface area contributed by atoms with Gasteiger partial charge >= 0.3 is 0 Å². The maximum atomic E-state index is 10.1. The van der Waals surface area contributed by atoms with Gasteiger partial charge in [-0.15, -0.1) is 11.3 Å². The average Bonchev–Trinajstić information content (AvgIpc) is 2.97. The summed E-state index contributed by atoms with van der Waals surface area (Å²) in [7, 11) is 0. The van der Waals surface area contributed by atoms with Gasteiger partial charge < -0.3 is 10.4 Å². The van der Waals surface area contributed by atoms with Crippen LogP contribution < -0.4 is 5.32 Å². The van der Waals surface area contributed by atoms with Gasteiger partial charge in [-0.05, 0) is 42.5 Å². The predicted molar refractivity (Wildman–Crippen MR) is 81.6 cm³/mol.